The number of hydrogen-bond acceptors (Lipinski definition) is 2. The van der Waals surface area contributed by atoms with Crippen LogP contribution in [0.15, 0.2) is 0 Å². The topological polar surface area (TPSA) is 23.5 Å². The van der Waals surface area contributed by atoms with Gasteiger partial charge in [0.15, 0.2) is 0 Å². The lowest BCUT2D eigenvalue weighted by Crippen LogP contribution is -2.50. The van der Waals surface area contributed by atoms with Gasteiger partial charge in [0.25, 0.3) is 0 Å². The smallest absolute Gasteiger partial charge is 0.0695 e. The number of rotatable bonds is 5. The van der Waals surface area contributed by atoms with E-state index >= 15 is 0 Å². The van der Waals surface area contributed by atoms with Crippen LogP contribution in [0.4, 0.5) is 0 Å². The van der Waals surface area contributed by atoms with Crippen LogP contribution in [0.3, 0.4) is 0 Å². The Bertz CT molecular complexity index is 191. The molecule has 2 heteroatoms. The average Bonchev–Trinajstić information content (AvgIpc) is 2.48. The van der Waals surface area contributed by atoms with Gasteiger partial charge in [-0.25, -0.2) is 0 Å². The summed E-state index contributed by atoms with van der Waals surface area (Å²) >= 11 is 0. The fourth-order valence-electron chi connectivity index (χ4n) is 2.93. The van der Waals surface area contributed by atoms with Gasteiger partial charge in [-0.3, -0.25) is 4.90 Å². The van der Waals surface area contributed by atoms with E-state index in [0.717, 1.165) is 25.8 Å². The third-order valence-electron chi connectivity index (χ3n) is 3.81. The molecule has 1 heterocycles. The Balaban J connectivity index is 2.65. The zero-order valence-corrected chi connectivity index (χ0v) is 10.8. The Morgan fingerprint density at radius 1 is 1.33 bits per heavy atom. The van der Waals surface area contributed by atoms with Gasteiger partial charge in [0.1, 0.15) is 0 Å². The highest BCUT2D eigenvalue weighted by atomic mass is 16.3. The highest BCUT2D eigenvalue weighted by molar-refractivity contribution is 4.93. The monoisotopic (exact) mass is 213 g/mol. The predicted octanol–water partition coefficient (Wildman–Crippen LogP) is 2.80. The second-order valence-electron chi connectivity index (χ2n) is 5.44. The Morgan fingerprint density at radius 3 is 2.40 bits per heavy atom. The molecule has 0 spiro atoms. The van der Waals surface area contributed by atoms with Crippen molar-refractivity contribution in [2.75, 3.05) is 6.54 Å². The van der Waals surface area contributed by atoms with E-state index in [0.29, 0.717) is 6.04 Å². The first-order valence-electron chi connectivity index (χ1n) is 6.47. The van der Waals surface area contributed by atoms with Crippen LogP contribution in [-0.4, -0.2) is 34.2 Å². The first kappa shape index (κ1) is 13.0. The lowest BCUT2D eigenvalue weighted by atomic mass is 9.96. The van der Waals surface area contributed by atoms with Crippen molar-refractivity contribution in [3.63, 3.8) is 0 Å². The Morgan fingerprint density at radius 2 is 2.00 bits per heavy atom. The van der Waals surface area contributed by atoms with E-state index in [2.05, 4.69) is 32.6 Å². The van der Waals surface area contributed by atoms with Crippen LogP contribution in [0, 0.1) is 0 Å². The third kappa shape index (κ3) is 2.94. The first-order valence-corrected chi connectivity index (χ1v) is 6.47. The predicted molar refractivity (Wildman–Crippen MR) is 65.0 cm³/mol. The Hall–Kier alpha value is -0.0800. The van der Waals surface area contributed by atoms with Crippen LogP contribution in [0.2, 0.25) is 0 Å². The summed E-state index contributed by atoms with van der Waals surface area (Å²) in [5, 5.41) is 10.2. The van der Waals surface area contributed by atoms with Crippen molar-refractivity contribution in [3.8, 4) is 0 Å². The molecule has 1 aliphatic heterocycles. The van der Waals surface area contributed by atoms with Crippen molar-refractivity contribution >= 4 is 0 Å². The molecule has 0 aromatic rings. The van der Waals surface area contributed by atoms with Gasteiger partial charge < -0.3 is 5.11 Å². The van der Waals surface area contributed by atoms with Gasteiger partial charge in [0.05, 0.1) is 6.10 Å². The van der Waals surface area contributed by atoms with E-state index in [1.807, 2.05) is 0 Å². The summed E-state index contributed by atoms with van der Waals surface area (Å²) in [7, 11) is 0. The minimum Gasteiger partial charge on any atom is -0.391 e. The molecule has 0 saturated carbocycles. The molecule has 1 fully saturated rings. The Kier molecular flexibility index (Phi) is 4.60. The van der Waals surface area contributed by atoms with E-state index in [-0.39, 0.29) is 11.6 Å². The van der Waals surface area contributed by atoms with Crippen molar-refractivity contribution in [2.45, 2.75) is 77.5 Å². The van der Waals surface area contributed by atoms with E-state index in [9.17, 15) is 5.11 Å². The molecule has 0 aromatic carbocycles. The van der Waals surface area contributed by atoms with Crippen LogP contribution < -0.4 is 0 Å². The molecule has 90 valence electrons. The summed E-state index contributed by atoms with van der Waals surface area (Å²) in [6, 6.07) is 0.363. The van der Waals surface area contributed by atoms with Crippen LogP contribution in [0.1, 0.15) is 59.8 Å². The molecule has 1 saturated heterocycles. The van der Waals surface area contributed by atoms with E-state index in [1.54, 1.807) is 0 Å². The van der Waals surface area contributed by atoms with Crippen molar-refractivity contribution in [1.82, 2.24) is 4.90 Å². The minimum absolute atomic E-state index is 0.141. The van der Waals surface area contributed by atoms with Crippen molar-refractivity contribution < 1.29 is 5.11 Å². The summed E-state index contributed by atoms with van der Waals surface area (Å²) < 4.78 is 0. The standard InChI is InChI=1S/C13H27NO/c1-5-8-12(15)11(6-2)14-10-7-9-13(14,3)4/h11-12,15H,5-10H2,1-4H3. The number of aliphatic hydroxyl groups is 1. The molecule has 15 heavy (non-hydrogen) atoms. The zero-order valence-electron chi connectivity index (χ0n) is 10.8. The summed E-state index contributed by atoms with van der Waals surface area (Å²) in [5.41, 5.74) is 0.287. The summed E-state index contributed by atoms with van der Waals surface area (Å²) in [4.78, 5) is 2.52. The molecule has 0 amide bonds. The van der Waals surface area contributed by atoms with E-state index < -0.39 is 0 Å². The lowest BCUT2D eigenvalue weighted by molar-refractivity contribution is 0.00929. The number of nitrogens with zero attached hydrogens (tertiary/aromatic N) is 1. The molecule has 0 radical (unpaired) electrons. The molecule has 2 nitrogen and oxygen atoms in total. The number of hydrogen-bond donors (Lipinski definition) is 1. The quantitative estimate of drug-likeness (QED) is 0.759. The summed E-state index contributed by atoms with van der Waals surface area (Å²) in [6.07, 6.45) is 5.48. The van der Waals surface area contributed by atoms with Crippen LogP contribution in [0.5, 0.6) is 0 Å². The molecular formula is C13H27NO. The maximum absolute atomic E-state index is 10.2. The molecular weight excluding hydrogens is 186 g/mol. The van der Waals surface area contributed by atoms with Gasteiger partial charge in [0, 0.05) is 11.6 Å². The lowest BCUT2D eigenvalue weighted by Gasteiger charge is -2.40. The van der Waals surface area contributed by atoms with E-state index in [4.69, 9.17) is 0 Å². The fraction of sp³-hybridized carbons (Fsp3) is 1.00. The Labute approximate surface area is 94.7 Å². The number of likely N-dealkylation sites (tertiary alicyclic amines) is 1. The molecule has 0 aromatic heterocycles. The van der Waals surface area contributed by atoms with Crippen LogP contribution >= 0.6 is 0 Å². The van der Waals surface area contributed by atoms with Gasteiger partial charge in [-0.15, -0.1) is 0 Å². The van der Waals surface area contributed by atoms with Crippen molar-refractivity contribution in [2.24, 2.45) is 0 Å². The third-order valence-corrected chi connectivity index (χ3v) is 3.81. The second kappa shape index (κ2) is 5.31. The molecule has 1 rings (SSSR count). The SMILES string of the molecule is CCCC(O)C(CC)N1CCCC1(C)C. The van der Waals surface area contributed by atoms with Crippen LogP contribution in [-0.2, 0) is 0 Å². The van der Waals surface area contributed by atoms with Gasteiger partial charge in [-0.2, -0.15) is 0 Å². The molecule has 0 aliphatic carbocycles. The van der Waals surface area contributed by atoms with Crippen molar-refractivity contribution in [1.29, 1.82) is 0 Å². The average molecular weight is 213 g/mol. The minimum atomic E-state index is -0.141. The van der Waals surface area contributed by atoms with Gasteiger partial charge in [0.2, 0.25) is 0 Å². The van der Waals surface area contributed by atoms with Crippen molar-refractivity contribution in [3.05, 3.63) is 0 Å². The highest BCUT2D eigenvalue weighted by Gasteiger charge is 2.38. The maximum atomic E-state index is 10.2. The molecule has 2 atom stereocenters. The van der Waals surface area contributed by atoms with E-state index in [1.165, 1.54) is 12.8 Å². The fourth-order valence-corrected chi connectivity index (χ4v) is 2.93. The summed E-state index contributed by atoms with van der Waals surface area (Å²) in [5.74, 6) is 0. The maximum Gasteiger partial charge on any atom is 0.0695 e. The van der Waals surface area contributed by atoms with Gasteiger partial charge in [-0.05, 0) is 46.1 Å². The summed E-state index contributed by atoms with van der Waals surface area (Å²) in [6.45, 7) is 10.1. The van der Waals surface area contributed by atoms with Gasteiger partial charge >= 0.3 is 0 Å². The zero-order chi connectivity index (χ0) is 11.5. The van der Waals surface area contributed by atoms with Crippen LogP contribution in [0.25, 0.3) is 0 Å². The largest absolute Gasteiger partial charge is 0.391 e. The number of aliphatic hydroxyl groups excluding tert-OH is 1. The second-order valence-corrected chi connectivity index (χ2v) is 5.44. The molecule has 1 N–H and O–H groups in total. The molecule has 2 unspecified atom stereocenters. The normalized spacial score (nSPS) is 25.4. The van der Waals surface area contributed by atoms with Gasteiger partial charge in [-0.1, -0.05) is 20.3 Å². The molecule has 1 aliphatic rings. The highest BCUT2D eigenvalue weighted by Crippen LogP contribution is 2.32. The molecule has 0 bridgehead atoms. The first-order chi connectivity index (χ1) is 7.03.